The zero-order chi connectivity index (χ0) is 26.3. The molecule has 2 aromatic heterocycles. The van der Waals surface area contributed by atoms with Crippen LogP contribution in [0.1, 0.15) is 46.6 Å². The molecule has 1 amide bonds. The molecule has 1 aliphatic heterocycles. The standard InChI is InChI=1S/C28H27N3O5S/c1-17-15-21(27-22(16-17)25(32)18(2)26(36-27)20-9-5-4-6-10-20)19(3)30-23-11-7-12-29-24(23)28(33)31-13-8-14-37(31,34)35/h4-7,9-12,15-16,19,30H,8,13-14H2,1-3H3/t19-/m1/s1. The molecule has 0 radical (unpaired) electrons. The van der Waals surface area contributed by atoms with Crippen LogP contribution in [0.15, 0.2) is 70.0 Å². The van der Waals surface area contributed by atoms with E-state index in [0.29, 0.717) is 34.4 Å². The van der Waals surface area contributed by atoms with Gasteiger partial charge in [0.25, 0.3) is 5.91 Å². The average Bonchev–Trinajstić information content (AvgIpc) is 3.25. The van der Waals surface area contributed by atoms with Gasteiger partial charge in [0.15, 0.2) is 11.1 Å². The first-order chi connectivity index (χ1) is 17.7. The lowest BCUT2D eigenvalue weighted by Gasteiger charge is -2.21. The molecule has 190 valence electrons. The molecule has 1 aliphatic rings. The second-order valence-corrected chi connectivity index (χ2v) is 11.3. The van der Waals surface area contributed by atoms with E-state index < -0.39 is 22.0 Å². The maximum atomic E-state index is 13.4. The summed E-state index contributed by atoms with van der Waals surface area (Å²) in [6.45, 7) is 5.70. The Morgan fingerprint density at radius 1 is 1.11 bits per heavy atom. The SMILES string of the molecule is Cc1cc([C@@H](C)Nc2cccnc2C(=O)N2CCCS2(=O)=O)c2oc(-c3ccccc3)c(C)c(=O)c2c1. The zero-order valence-corrected chi connectivity index (χ0v) is 21.6. The number of aromatic nitrogens is 1. The Morgan fingerprint density at radius 3 is 2.57 bits per heavy atom. The third kappa shape index (κ3) is 4.51. The highest BCUT2D eigenvalue weighted by Crippen LogP contribution is 2.33. The second-order valence-electron chi connectivity index (χ2n) is 9.29. The number of anilines is 1. The molecule has 0 aliphatic carbocycles. The number of carbonyl (C=O) groups is 1. The van der Waals surface area contributed by atoms with Crippen LogP contribution in [0.4, 0.5) is 5.69 Å². The van der Waals surface area contributed by atoms with Crippen LogP contribution in [-0.4, -0.2) is 35.9 Å². The number of hydrogen-bond donors (Lipinski definition) is 1. The minimum Gasteiger partial charge on any atom is -0.455 e. The van der Waals surface area contributed by atoms with Crippen molar-refractivity contribution in [2.75, 3.05) is 17.6 Å². The lowest BCUT2D eigenvalue weighted by Crippen LogP contribution is -2.33. The van der Waals surface area contributed by atoms with Gasteiger partial charge in [0.2, 0.25) is 10.0 Å². The number of carbonyl (C=O) groups excluding carboxylic acids is 1. The smallest absolute Gasteiger partial charge is 0.288 e. The normalized spacial score (nSPS) is 15.6. The van der Waals surface area contributed by atoms with Gasteiger partial charge in [-0.3, -0.25) is 9.59 Å². The third-order valence-electron chi connectivity index (χ3n) is 6.60. The average molecular weight is 518 g/mol. The first kappa shape index (κ1) is 24.7. The minimum absolute atomic E-state index is 0.0269. The number of nitrogens with zero attached hydrogens (tertiary/aromatic N) is 2. The maximum absolute atomic E-state index is 13.4. The quantitative estimate of drug-likeness (QED) is 0.404. The van der Waals surface area contributed by atoms with Gasteiger partial charge in [-0.05, 0) is 51.0 Å². The summed E-state index contributed by atoms with van der Waals surface area (Å²) in [6.07, 6.45) is 1.86. The molecule has 1 saturated heterocycles. The Labute approximate surface area is 215 Å². The van der Waals surface area contributed by atoms with Gasteiger partial charge in [-0.25, -0.2) is 17.7 Å². The van der Waals surface area contributed by atoms with Crippen LogP contribution >= 0.6 is 0 Å². The van der Waals surface area contributed by atoms with Crippen LogP contribution in [0.5, 0.6) is 0 Å². The molecule has 0 spiro atoms. The minimum atomic E-state index is -3.64. The van der Waals surface area contributed by atoms with Crippen LogP contribution < -0.4 is 10.7 Å². The van der Waals surface area contributed by atoms with Gasteiger partial charge in [-0.15, -0.1) is 0 Å². The number of rotatable bonds is 5. The predicted molar refractivity (Wildman–Crippen MR) is 143 cm³/mol. The lowest BCUT2D eigenvalue weighted by molar-refractivity contribution is 0.0865. The van der Waals surface area contributed by atoms with Crippen molar-refractivity contribution in [3.05, 3.63) is 93.4 Å². The number of amides is 1. The van der Waals surface area contributed by atoms with Crippen LogP contribution in [0.2, 0.25) is 0 Å². The predicted octanol–water partition coefficient (Wildman–Crippen LogP) is 4.82. The number of nitrogens with one attached hydrogen (secondary N) is 1. The van der Waals surface area contributed by atoms with Crippen molar-refractivity contribution >= 4 is 32.6 Å². The van der Waals surface area contributed by atoms with Gasteiger partial charge in [0.05, 0.1) is 22.9 Å². The molecule has 1 N–H and O–H groups in total. The topological polar surface area (TPSA) is 110 Å². The van der Waals surface area contributed by atoms with Crippen molar-refractivity contribution in [3.8, 4) is 11.3 Å². The fourth-order valence-corrected chi connectivity index (χ4v) is 6.20. The third-order valence-corrected chi connectivity index (χ3v) is 8.43. The first-order valence-corrected chi connectivity index (χ1v) is 13.7. The van der Waals surface area contributed by atoms with E-state index in [1.54, 1.807) is 19.1 Å². The molecule has 9 heteroatoms. The van der Waals surface area contributed by atoms with Gasteiger partial charge >= 0.3 is 0 Å². The summed E-state index contributed by atoms with van der Waals surface area (Å²) in [5, 5.41) is 3.78. The van der Waals surface area contributed by atoms with Crippen LogP contribution in [0.25, 0.3) is 22.3 Å². The summed E-state index contributed by atoms with van der Waals surface area (Å²) in [4.78, 5) is 30.7. The molecule has 0 bridgehead atoms. The largest absolute Gasteiger partial charge is 0.455 e. The molecule has 3 heterocycles. The summed E-state index contributed by atoms with van der Waals surface area (Å²) >= 11 is 0. The summed E-state index contributed by atoms with van der Waals surface area (Å²) < 4.78 is 31.9. The van der Waals surface area contributed by atoms with E-state index in [1.165, 1.54) is 6.20 Å². The van der Waals surface area contributed by atoms with Gasteiger partial charge in [-0.1, -0.05) is 36.4 Å². The number of fused-ring (bicyclic) bond motifs is 1. The summed E-state index contributed by atoms with van der Waals surface area (Å²) in [5.74, 6) is -0.204. The summed E-state index contributed by atoms with van der Waals surface area (Å²) in [6, 6.07) is 16.2. The molecular formula is C28H27N3O5S. The highest BCUT2D eigenvalue weighted by Gasteiger charge is 2.35. The fourth-order valence-electron chi connectivity index (χ4n) is 4.74. The summed E-state index contributed by atoms with van der Waals surface area (Å²) in [5.41, 5.74) is 3.74. The van der Waals surface area contributed by atoms with Gasteiger partial charge in [0.1, 0.15) is 11.3 Å². The maximum Gasteiger partial charge on any atom is 0.288 e. The van der Waals surface area contributed by atoms with E-state index in [1.807, 2.05) is 56.3 Å². The summed E-state index contributed by atoms with van der Waals surface area (Å²) in [7, 11) is -3.64. The molecule has 0 saturated carbocycles. The Kier molecular flexibility index (Phi) is 6.33. The van der Waals surface area contributed by atoms with Crippen molar-refractivity contribution in [1.82, 2.24) is 9.29 Å². The molecule has 8 nitrogen and oxygen atoms in total. The van der Waals surface area contributed by atoms with E-state index in [0.717, 1.165) is 21.0 Å². The first-order valence-electron chi connectivity index (χ1n) is 12.1. The Bertz CT molecular complexity index is 1680. The number of hydrogen-bond acceptors (Lipinski definition) is 7. The van der Waals surface area contributed by atoms with E-state index in [4.69, 9.17) is 4.42 Å². The molecule has 1 atom stereocenters. The van der Waals surface area contributed by atoms with Gasteiger partial charge in [0, 0.05) is 29.4 Å². The van der Waals surface area contributed by atoms with E-state index >= 15 is 0 Å². The molecule has 2 aromatic carbocycles. The second kappa shape index (κ2) is 9.48. The van der Waals surface area contributed by atoms with Gasteiger partial charge < -0.3 is 9.73 Å². The number of pyridine rings is 1. The van der Waals surface area contributed by atoms with Gasteiger partial charge in [-0.2, -0.15) is 0 Å². The zero-order valence-electron chi connectivity index (χ0n) is 20.8. The Morgan fingerprint density at radius 2 is 1.86 bits per heavy atom. The molecule has 4 aromatic rings. The monoisotopic (exact) mass is 517 g/mol. The fraction of sp³-hybridized carbons (Fsp3) is 0.250. The van der Waals surface area contributed by atoms with Crippen molar-refractivity contribution in [1.29, 1.82) is 0 Å². The van der Waals surface area contributed by atoms with E-state index in [2.05, 4.69) is 10.3 Å². The van der Waals surface area contributed by atoms with E-state index in [9.17, 15) is 18.0 Å². The number of aryl methyl sites for hydroxylation is 1. The van der Waals surface area contributed by atoms with Crippen molar-refractivity contribution < 1.29 is 17.6 Å². The van der Waals surface area contributed by atoms with Crippen molar-refractivity contribution in [3.63, 3.8) is 0 Å². The molecule has 5 rings (SSSR count). The highest BCUT2D eigenvalue weighted by molar-refractivity contribution is 7.89. The molecular weight excluding hydrogens is 490 g/mol. The lowest BCUT2D eigenvalue weighted by atomic mass is 9.98. The van der Waals surface area contributed by atoms with Crippen LogP contribution in [0.3, 0.4) is 0 Å². The van der Waals surface area contributed by atoms with Crippen molar-refractivity contribution in [2.24, 2.45) is 0 Å². The van der Waals surface area contributed by atoms with E-state index in [-0.39, 0.29) is 23.4 Å². The molecule has 37 heavy (non-hydrogen) atoms. The highest BCUT2D eigenvalue weighted by atomic mass is 32.2. The molecule has 0 unspecified atom stereocenters. The Balaban J connectivity index is 1.58. The number of sulfonamides is 1. The Hall–Kier alpha value is -3.98. The van der Waals surface area contributed by atoms with Crippen molar-refractivity contribution in [2.45, 2.75) is 33.2 Å². The molecule has 1 fully saturated rings. The number of benzene rings is 2. The van der Waals surface area contributed by atoms with Crippen LogP contribution in [0, 0.1) is 13.8 Å². The van der Waals surface area contributed by atoms with Crippen LogP contribution in [-0.2, 0) is 10.0 Å².